The smallest absolute Gasteiger partial charge is 0.131 e. The molecule has 1 aromatic carbocycles. The summed E-state index contributed by atoms with van der Waals surface area (Å²) in [6.45, 7) is 2.21. The van der Waals surface area contributed by atoms with Crippen molar-refractivity contribution in [2.24, 2.45) is 17.7 Å². The van der Waals surface area contributed by atoms with Crippen molar-refractivity contribution < 1.29 is 9.13 Å². The number of benzene rings is 1. The van der Waals surface area contributed by atoms with Crippen LogP contribution in [-0.4, -0.2) is 7.11 Å². The van der Waals surface area contributed by atoms with Gasteiger partial charge in [-0.25, -0.2) is 4.39 Å². The van der Waals surface area contributed by atoms with E-state index in [0.717, 1.165) is 6.42 Å². The Kier molecular flexibility index (Phi) is 4.19. The molecule has 3 unspecified atom stereocenters. The van der Waals surface area contributed by atoms with Crippen molar-refractivity contribution >= 4 is 0 Å². The third-order valence-corrected chi connectivity index (χ3v) is 4.08. The van der Waals surface area contributed by atoms with Crippen LogP contribution in [0.25, 0.3) is 0 Å². The summed E-state index contributed by atoms with van der Waals surface area (Å²) in [6.07, 6.45) is 3.49. The average molecular weight is 252 g/mol. The van der Waals surface area contributed by atoms with Gasteiger partial charge in [-0.05, 0) is 24.3 Å². The van der Waals surface area contributed by atoms with Crippen molar-refractivity contribution in [3.8, 4) is 5.75 Å². The average Bonchev–Trinajstić information content (AvgIpc) is 2.78. The van der Waals surface area contributed by atoms with Crippen LogP contribution in [0.15, 0.2) is 18.2 Å². The predicted octanol–water partition coefficient (Wildman–Crippen LogP) is 2.77. The van der Waals surface area contributed by atoms with Crippen molar-refractivity contribution in [2.75, 3.05) is 7.11 Å². The second kappa shape index (κ2) is 5.67. The first kappa shape index (κ1) is 13.3. The summed E-state index contributed by atoms with van der Waals surface area (Å²) in [5.41, 5.74) is 3.42. The van der Waals surface area contributed by atoms with E-state index in [4.69, 9.17) is 10.6 Å². The van der Waals surface area contributed by atoms with Gasteiger partial charge in [0.1, 0.15) is 11.6 Å². The third kappa shape index (κ3) is 2.49. The molecule has 0 saturated heterocycles. The molecule has 0 spiro atoms. The first-order valence-corrected chi connectivity index (χ1v) is 6.47. The first-order valence-electron chi connectivity index (χ1n) is 6.47. The third-order valence-electron chi connectivity index (χ3n) is 4.08. The zero-order valence-electron chi connectivity index (χ0n) is 10.9. The molecule has 0 bridgehead atoms. The summed E-state index contributed by atoms with van der Waals surface area (Å²) >= 11 is 0. The highest BCUT2D eigenvalue weighted by Crippen LogP contribution is 2.40. The Labute approximate surface area is 107 Å². The van der Waals surface area contributed by atoms with E-state index in [1.54, 1.807) is 12.1 Å². The fourth-order valence-corrected chi connectivity index (χ4v) is 3.00. The number of ether oxygens (including phenoxy) is 1. The number of methoxy groups -OCH3 is 1. The molecule has 100 valence electrons. The lowest BCUT2D eigenvalue weighted by Gasteiger charge is -2.27. The molecule has 1 fully saturated rings. The van der Waals surface area contributed by atoms with Gasteiger partial charge < -0.3 is 4.74 Å². The molecule has 1 saturated carbocycles. The van der Waals surface area contributed by atoms with Gasteiger partial charge >= 0.3 is 0 Å². The normalized spacial score (nSPS) is 25.1. The van der Waals surface area contributed by atoms with E-state index in [1.165, 1.54) is 26.0 Å². The van der Waals surface area contributed by atoms with Crippen LogP contribution in [-0.2, 0) is 0 Å². The molecule has 0 aromatic heterocycles. The summed E-state index contributed by atoms with van der Waals surface area (Å²) in [5, 5.41) is 0. The minimum Gasteiger partial charge on any atom is -0.497 e. The van der Waals surface area contributed by atoms with Crippen molar-refractivity contribution in [1.29, 1.82) is 0 Å². The Morgan fingerprint density at radius 2 is 2.22 bits per heavy atom. The van der Waals surface area contributed by atoms with E-state index >= 15 is 0 Å². The van der Waals surface area contributed by atoms with Crippen molar-refractivity contribution in [3.63, 3.8) is 0 Å². The molecule has 3 atom stereocenters. The predicted molar refractivity (Wildman–Crippen MR) is 69.5 cm³/mol. The maximum Gasteiger partial charge on any atom is 0.131 e. The molecule has 3 nitrogen and oxygen atoms in total. The quantitative estimate of drug-likeness (QED) is 0.640. The summed E-state index contributed by atoms with van der Waals surface area (Å²) in [6, 6.07) is 4.85. The fraction of sp³-hybridized carbons (Fsp3) is 0.571. The number of rotatable bonds is 4. The Hall–Kier alpha value is -1.13. The molecule has 3 N–H and O–H groups in total. The van der Waals surface area contributed by atoms with Crippen molar-refractivity contribution in [2.45, 2.75) is 32.2 Å². The van der Waals surface area contributed by atoms with E-state index in [9.17, 15) is 4.39 Å². The largest absolute Gasteiger partial charge is 0.497 e. The fourth-order valence-electron chi connectivity index (χ4n) is 3.00. The van der Waals surface area contributed by atoms with E-state index < -0.39 is 0 Å². The molecular formula is C14H21FN2O. The molecule has 1 aromatic rings. The van der Waals surface area contributed by atoms with Crippen LogP contribution in [0.5, 0.6) is 5.75 Å². The Bertz CT molecular complexity index is 411. The van der Waals surface area contributed by atoms with Crippen LogP contribution in [0.4, 0.5) is 4.39 Å². The second-order valence-corrected chi connectivity index (χ2v) is 5.10. The number of hydrogen-bond acceptors (Lipinski definition) is 3. The van der Waals surface area contributed by atoms with Crippen LogP contribution in [0.1, 0.15) is 37.8 Å². The van der Waals surface area contributed by atoms with Gasteiger partial charge in [0.15, 0.2) is 0 Å². The van der Waals surface area contributed by atoms with Crippen LogP contribution in [0.3, 0.4) is 0 Å². The second-order valence-electron chi connectivity index (χ2n) is 5.10. The number of hydrogen-bond donors (Lipinski definition) is 2. The molecule has 4 heteroatoms. The number of hydrazine groups is 1. The van der Waals surface area contributed by atoms with Gasteiger partial charge in [-0.15, -0.1) is 0 Å². The van der Waals surface area contributed by atoms with Gasteiger partial charge in [0.2, 0.25) is 0 Å². The van der Waals surface area contributed by atoms with E-state index in [-0.39, 0.29) is 11.9 Å². The van der Waals surface area contributed by atoms with Gasteiger partial charge in [-0.2, -0.15) is 0 Å². The molecule has 2 rings (SSSR count). The zero-order chi connectivity index (χ0) is 13.1. The van der Waals surface area contributed by atoms with Crippen LogP contribution >= 0.6 is 0 Å². The van der Waals surface area contributed by atoms with Crippen molar-refractivity contribution in [1.82, 2.24) is 5.43 Å². The lowest BCUT2D eigenvalue weighted by molar-refractivity contribution is 0.297. The molecule has 0 radical (unpaired) electrons. The highest BCUT2D eigenvalue weighted by molar-refractivity contribution is 5.31. The topological polar surface area (TPSA) is 47.3 Å². The molecule has 0 aliphatic heterocycles. The SMILES string of the molecule is COc1ccc(C(NN)C2CCCC2C)c(F)c1. The van der Waals surface area contributed by atoms with Crippen LogP contribution in [0, 0.1) is 17.7 Å². The summed E-state index contributed by atoms with van der Waals surface area (Å²) < 4.78 is 19.1. The van der Waals surface area contributed by atoms with Crippen LogP contribution in [0.2, 0.25) is 0 Å². The van der Waals surface area contributed by atoms with Gasteiger partial charge in [0.25, 0.3) is 0 Å². The number of halogens is 1. The Morgan fingerprint density at radius 3 is 2.72 bits per heavy atom. The molecule has 18 heavy (non-hydrogen) atoms. The molecule has 0 amide bonds. The van der Waals surface area contributed by atoms with Gasteiger partial charge in [-0.1, -0.05) is 25.8 Å². The lowest BCUT2D eigenvalue weighted by atomic mass is 9.86. The lowest BCUT2D eigenvalue weighted by Crippen LogP contribution is -2.35. The minimum absolute atomic E-state index is 0.117. The Morgan fingerprint density at radius 1 is 1.44 bits per heavy atom. The number of nitrogens with two attached hydrogens (primary N) is 1. The summed E-state index contributed by atoms with van der Waals surface area (Å²) in [4.78, 5) is 0. The Balaban J connectivity index is 2.27. The van der Waals surface area contributed by atoms with Gasteiger partial charge in [0, 0.05) is 11.6 Å². The highest BCUT2D eigenvalue weighted by Gasteiger charge is 2.32. The minimum atomic E-state index is -0.253. The van der Waals surface area contributed by atoms with E-state index in [2.05, 4.69) is 12.3 Å². The standard InChI is InChI=1S/C14H21FN2O/c1-9-4-3-5-11(9)14(17-16)12-7-6-10(18-2)8-13(12)15/h6-9,11,14,17H,3-5,16H2,1-2H3. The van der Waals surface area contributed by atoms with E-state index in [1.807, 2.05) is 0 Å². The maximum atomic E-state index is 14.1. The molecule has 1 aliphatic carbocycles. The van der Waals surface area contributed by atoms with Gasteiger partial charge in [-0.3, -0.25) is 11.3 Å². The maximum absolute atomic E-state index is 14.1. The van der Waals surface area contributed by atoms with Crippen molar-refractivity contribution in [3.05, 3.63) is 29.6 Å². The zero-order valence-corrected chi connectivity index (χ0v) is 10.9. The number of nitrogens with one attached hydrogen (secondary N) is 1. The highest BCUT2D eigenvalue weighted by atomic mass is 19.1. The van der Waals surface area contributed by atoms with Gasteiger partial charge in [0.05, 0.1) is 13.2 Å². The monoisotopic (exact) mass is 252 g/mol. The molecular weight excluding hydrogens is 231 g/mol. The summed E-state index contributed by atoms with van der Waals surface area (Å²) in [7, 11) is 1.53. The van der Waals surface area contributed by atoms with Crippen LogP contribution < -0.4 is 16.0 Å². The molecule has 1 aliphatic rings. The first-order chi connectivity index (χ1) is 8.67. The van der Waals surface area contributed by atoms with E-state index in [0.29, 0.717) is 23.1 Å². The molecule has 0 heterocycles. The summed E-state index contributed by atoms with van der Waals surface area (Å²) in [5.74, 6) is 6.90.